The number of methoxy groups -OCH3 is 2. The summed E-state index contributed by atoms with van der Waals surface area (Å²) < 4.78 is 10.7. The lowest BCUT2D eigenvalue weighted by Crippen LogP contribution is -2.51. The lowest BCUT2D eigenvalue weighted by atomic mass is 9.63. The summed E-state index contributed by atoms with van der Waals surface area (Å²) in [6, 6.07) is 17.5. The standard InChI is InChI=1S/C25H34N2O2/c1-19-18-27(3)20(2)16-25(19,22-9-7-6-8-10-22)13-14-26-17-21-11-12-23(28-4)24(15-21)29-5/h6-12,15,17,19-20H,13-14,16,18H2,1-5H3. The molecule has 2 aromatic rings. The summed E-state index contributed by atoms with van der Waals surface area (Å²) in [6.45, 7) is 6.67. The Morgan fingerprint density at radius 2 is 1.79 bits per heavy atom. The van der Waals surface area contributed by atoms with E-state index in [2.05, 4.69) is 56.1 Å². The molecule has 3 rings (SSSR count). The summed E-state index contributed by atoms with van der Waals surface area (Å²) in [7, 11) is 5.55. The minimum absolute atomic E-state index is 0.169. The van der Waals surface area contributed by atoms with E-state index in [-0.39, 0.29) is 5.41 Å². The van der Waals surface area contributed by atoms with E-state index >= 15 is 0 Å². The van der Waals surface area contributed by atoms with E-state index in [1.54, 1.807) is 14.2 Å². The molecule has 0 radical (unpaired) electrons. The van der Waals surface area contributed by atoms with Gasteiger partial charge in [-0.05, 0) is 62.1 Å². The zero-order valence-electron chi connectivity index (χ0n) is 18.4. The molecule has 1 aliphatic heterocycles. The van der Waals surface area contributed by atoms with Crippen molar-refractivity contribution in [2.45, 2.75) is 38.1 Å². The van der Waals surface area contributed by atoms with Gasteiger partial charge in [0.1, 0.15) is 0 Å². The molecule has 0 aliphatic carbocycles. The van der Waals surface area contributed by atoms with Crippen molar-refractivity contribution in [3.8, 4) is 11.5 Å². The summed E-state index contributed by atoms with van der Waals surface area (Å²) >= 11 is 0. The maximum absolute atomic E-state index is 5.40. The number of nitrogens with zero attached hydrogens (tertiary/aromatic N) is 2. The van der Waals surface area contributed by atoms with Gasteiger partial charge in [0.25, 0.3) is 0 Å². The molecule has 3 atom stereocenters. The van der Waals surface area contributed by atoms with E-state index < -0.39 is 0 Å². The Hall–Kier alpha value is -2.33. The van der Waals surface area contributed by atoms with Crippen LogP contribution >= 0.6 is 0 Å². The van der Waals surface area contributed by atoms with Crippen molar-refractivity contribution in [2.75, 3.05) is 34.4 Å². The van der Waals surface area contributed by atoms with Crippen molar-refractivity contribution in [1.29, 1.82) is 0 Å². The smallest absolute Gasteiger partial charge is 0.161 e. The Morgan fingerprint density at radius 3 is 2.48 bits per heavy atom. The van der Waals surface area contributed by atoms with Crippen LogP contribution in [0.1, 0.15) is 37.8 Å². The number of hydrogen-bond acceptors (Lipinski definition) is 4. The van der Waals surface area contributed by atoms with Gasteiger partial charge in [-0.1, -0.05) is 37.3 Å². The van der Waals surface area contributed by atoms with Gasteiger partial charge in [-0.3, -0.25) is 4.99 Å². The van der Waals surface area contributed by atoms with Gasteiger partial charge < -0.3 is 14.4 Å². The van der Waals surface area contributed by atoms with Gasteiger partial charge in [0.2, 0.25) is 0 Å². The first-order valence-corrected chi connectivity index (χ1v) is 10.5. The second-order valence-electron chi connectivity index (χ2n) is 8.32. The number of aliphatic imine (C=N–C) groups is 1. The zero-order valence-corrected chi connectivity index (χ0v) is 18.4. The van der Waals surface area contributed by atoms with Crippen LogP contribution in [0.4, 0.5) is 0 Å². The molecular formula is C25H34N2O2. The summed E-state index contributed by atoms with van der Waals surface area (Å²) in [5.41, 5.74) is 2.65. The maximum atomic E-state index is 5.40. The first kappa shape index (κ1) is 21.4. The fourth-order valence-electron chi connectivity index (χ4n) is 4.70. The van der Waals surface area contributed by atoms with Gasteiger partial charge in [-0.25, -0.2) is 0 Å². The van der Waals surface area contributed by atoms with Gasteiger partial charge in [-0.15, -0.1) is 0 Å². The average molecular weight is 395 g/mol. The second-order valence-corrected chi connectivity index (χ2v) is 8.32. The molecule has 1 fully saturated rings. The Kier molecular flexibility index (Phi) is 6.96. The summed E-state index contributed by atoms with van der Waals surface area (Å²) in [5.74, 6) is 2.05. The molecule has 0 amide bonds. The highest BCUT2D eigenvalue weighted by molar-refractivity contribution is 5.80. The van der Waals surface area contributed by atoms with Gasteiger partial charge in [0.05, 0.1) is 14.2 Å². The van der Waals surface area contributed by atoms with E-state index in [1.807, 2.05) is 24.4 Å². The van der Waals surface area contributed by atoms with Crippen LogP contribution in [0.2, 0.25) is 0 Å². The lowest BCUT2D eigenvalue weighted by Gasteiger charge is -2.49. The van der Waals surface area contributed by atoms with Gasteiger partial charge in [0, 0.05) is 30.8 Å². The number of piperidine rings is 1. The van der Waals surface area contributed by atoms with Crippen LogP contribution < -0.4 is 9.47 Å². The Morgan fingerprint density at radius 1 is 1.07 bits per heavy atom. The van der Waals surface area contributed by atoms with Gasteiger partial charge in [0.15, 0.2) is 11.5 Å². The highest BCUT2D eigenvalue weighted by Gasteiger charge is 2.43. The molecule has 2 aromatic carbocycles. The lowest BCUT2D eigenvalue weighted by molar-refractivity contribution is 0.0705. The predicted octanol–water partition coefficient (Wildman–Crippen LogP) is 4.81. The van der Waals surface area contributed by atoms with Crippen LogP contribution in [0.3, 0.4) is 0 Å². The molecule has 3 unspecified atom stereocenters. The van der Waals surface area contributed by atoms with Crippen LogP contribution in [0, 0.1) is 5.92 Å². The third kappa shape index (κ3) is 4.64. The van der Waals surface area contributed by atoms with E-state index in [0.29, 0.717) is 12.0 Å². The molecule has 4 heteroatoms. The molecule has 1 heterocycles. The number of benzene rings is 2. The monoisotopic (exact) mass is 394 g/mol. The van der Waals surface area contributed by atoms with Crippen molar-refractivity contribution in [2.24, 2.45) is 10.9 Å². The summed E-state index contributed by atoms with van der Waals surface area (Å²) in [6.07, 6.45) is 4.17. The van der Waals surface area contributed by atoms with Gasteiger partial charge in [-0.2, -0.15) is 0 Å². The number of rotatable bonds is 7. The fourth-order valence-corrected chi connectivity index (χ4v) is 4.70. The predicted molar refractivity (Wildman–Crippen MR) is 121 cm³/mol. The minimum Gasteiger partial charge on any atom is -0.493 e. The summed E-state index contributed by atoms with van der Waals surface area (Å²) in [4.78, 5) is 7.27. The molecule has 0 aromatic heterocycles. The maximum Gasteiger partial charge on any atom is 0.161 e. The van der Waals surface area contributed by atoms with Crippen LogP contribution in [-0.2, 0) is 5.41 Å². The molecule has 0 N–H and O–H groups in total. The number of ether oxygens (including phenoxy) is 2. The Labute approximate surface area is 175 Å². The van der Waals surface area contributed by atoms with Gasteiger partial charge >= 0.3 is 0 Å². The highest BCUT2D eigenvalue weighted by Crippen LogP contribution is 2.44. The van der Waals surface area contributed by atoms with Crippen LogP contribution in [0.25, 0.3) is 0 Å². The quantitative estimate of drug-likeness (QED) is 0.632. The normalized spacial score (nSPS) is 25.3. The molecule has 0 bridgehead atoms. The van der Waals surface area contributed by atoms with Crippen molar-refractivity contribution < 1.29 is 9.47 Å². The fraction of sp³-hybridized carbons (Fsp3) is 0.480. The summed E-state index contributed by atoms with van der Waals surface area (Å²) in [5, 5.41) is 0. The molecule has 29 heavy (non-hydrogen) atoms. The van der Waals surface area contributed by atoms with Crippen molar-refractivity contribution in [3.05, 3.63) is 59.7 Å². The second kappa shape index (κ2) is 9.45. The molecule has 1 saturated heterocycles. The first-order valence-electron chi connectivity index (χ1n) is 10.5. The van der Waals surface area contributed by atoms with Crippen LogP contribution in [0.15, 0.2) is 53.5 Å². The van der Waals surface area contributed by atoms with E-state index in [9.17, 15) is 0 Å². The molecule has 0 saturated carbocycles. The van der Waals surface area contributed by atoms with Crippen LogP contribution in [-0.4, -0.2) is 51.5 Å². The minimum atomic E-state index is 0.169. The van der Waals surface area contributed by atoms with Crippen molar-refractivity contribution in [1.82, 2.24) is 4.90 Å². The molecular weight excluding hydrogens is 360 g/mol. The zero-order chi connectivity index (χ0) is 20.9. The van der Waals surface area contributed by atoms with Crippen LogP contribution in [0.5, 0.6) is 11.5 Å². The number of hydrogen-bond donors (Lipinski definition) is 0. The average Bonchev–Trinajstić information content (AvgIpc) is 2.75. The highest BCUT2D eigenvalue weighted by atomic mass is 16.5. The van der Waals surface area contributed by atoms with E-state index in [4.69, 9.17) is 14.5 Å². The first-order chi connectivity index (χ1) is 14.0. The molecule has 1 aliphatic rings. The molecule has 156 valence electrons. The topological polar surface area (TPSA) is 34.1 Å². The Bertz CT molecular complexity index is 821. The third-order valence-electron chi connectivity index (χ3n) is 6.60. The SMILES string of the molecule is COc1ccc(C=NCCC2(c3ccccc3)CC(C)N(C)CC2C)cc1OC. The number of likely N-dealkylation sites (tertiary alicyclic amines) is 1. The Balaban J connectivity index is 1.77. The van der Waals surface area contributed by atoms with E-state index in [0.717, 1.165) is 36.6 Å². The van der Waals surface area contributed by atoms with Crippen molar-refractivity contribution >= 4 is 6.21 Å². The largest absolute Gasteiger partial charge is 0.493 e. The molecule has 0 spiro atoms. The third-order valence-corrected chi connectivity index (χ3v) is 6.60. The van der Waals surface area contributed by atoms with Crippen molar-refractivity contribution in [3.63, 3.8) is 0 Å². The van der Waals surface area contributed by atoms with E-state index in [1.165, 1.54) is 12.0 Å². The molecule has 4 nitrogen and oxygen atoms in total.